The van der Waals surface area contributed by atoms with Gasteiger partial charge in [0.05, 0.1) is 0 Å². The van der Waals surface area contributed by atoms with E-state index >= 15 is 0 Å². The van der Waals surface area contributed by atoms with Crippen molar-refractivity contribution >= 4 is 30.4 Å². The van der Waals surface area contributed by atoms with Gasteiger partial charge in [-0.1, -0.05) is 0 Å². The molecule has 0 amide bonds. The van der Waals surface area contributed by atoms with Crippen LogP contribution in [-0.4, -0.2) is 60.9 Å². The second-order valence-electron chi connectivity index (χ2n) is 2.76. The molecule has 0 aromatic carbocycles. The number of hydrogen-bond acceptors (Lipinski definition) is 6. The average Bonchev–Trinajstić information content (AvgIpc) is 2.08. The van der Waals surface area contributed by atoms with Crippen molar-refractivity contribution in [1.29, 1.82) is 0 Å². The van der Waals surface area contributed by atoms with E-state index in [2.05, 4.69) is 0 Å². The van der Waals surface area contributed by atoms with Gasteiger partial charge >= 0.3 is 46.9 Å². The van der Waals surface area contributed by atoms with Crippen LogP contribution in [0.3, 0.4) is 0 Å². The fourth-order valence-corrected chi connectivity index (χ4v) is 0. The van der Waals surface area contributed by atoms with E-state index in [-0.39, 0.29) is 47.2 Å². The zero-order valence-electron chi connectivity index (χ0n) is 10.9. The zero-order chi connectivity index (χ0) is 21.0. The second kappa shape index (κ2) is 11.4. The smallest absolute Gasteiger partial charge is 0.412 e. The van der Waals surface area contributed by atoms with Crippen molar-refractivity contribution in [3.8, 4) is 0 Å². The minimum absolute atomic E-state index is 0. The molecule has 0 aromatic rings. The molecule has 0 bridgehead atoms. The van der Waals surface area contributed by atoms with Crippen molar-refractivity contribution in [3.63, 3.8) is 0 Å². The molecule has 0 aliphatic carbocycles. The summed E-state index contributed by atoms with van der Waals surface area (Å²) in [6.07, 6.45) is 0. The van der Waals surface area contributed by atoms with Crippen LogP contribution in [-0.2, 0) is 30.4 Å². The molecular formula is C3H5CeF9O10S3. The average molecular weight is 608 g/mol. The Bertz CT molecular complexity index is 598. The summed E-state index contributed by atoms with van der Waals surface area (Å²) in [5.74, 6) is 0. The molecule has 5 N–H and O–H groups in total. The van der Waals surface area contributed by atoms with E-state index in [1.54, 1.807) is 0 Å². The maximum Gasteiger partial charge on any atom is 0.522 e. The third kappa shape index (κ3) is 17.8. The Kier molecular flexibility index (Phi) is 16.4. The number of alkyl halides is 9. The van der Waals surface area contributed by atoms with Crippen LogP contribution in [0, 0.1) is 41.7 Å². The first-order chi connectivity index (χ1) is 9.75. The first kappa shape index (κ1) is 37.2. The van der Waals surface area contributed by atoms with Crippen LogP contribution in [0.25, 0.3) is 0 Å². The molecule has 23 heteroatoms. The van der Waals surface area contributed by atoms with Crippen LogP contribution in [0.1, 0.15) is 0 Å². The summed E-state index contributed by atoms with van der Waals surface area (Å²) < 4.78 is 173. The predicted octanol–water partition coefficient (Wildman–Crippen LogP) is 0.357. The molecule has 0 aliphatic rings. The van der Waals surface area contributed by atoms with Gasteiger partial charge < -0.3 is 5.48 Å². The Morgan fingerprint density at radius 3 is 0.500 bits per heavy atom. The Balaban J connectivity index is -0.0000000817. The van der Waals surface area contributed by atoms with Crippen LogP contribution in [0.15, 0.2) is 0 Å². The summed E-state index contributed by atoms with van der Waals surface area (Å²) >= 11 is 0. The summed E-state index contributed by atoms with van der Waals surface area (Å²) in [4.78, 5) is 0. The Morgan fingerprint density at radius 1 is 0.462 bits per heavy atom. The molecule has 0 rings (SSSR count). The van der Waals surface area contributed by atoms with Crippen LogP contribution in [0.5, 0.6) is 0 Å². The molecule has 0 aromatic heterocycles. The first-order valence-electron chi connectivity index (χ1n) is 3.86. The summed E-state index contributed by atoms with van der Waals surface area (Å²) in [7, 11) is -17.5. The molecule has 0 atom stereocenters. The van der Waals surface area contributed by atoms with Gasteiger partial charge in [0.2, 0.25) is 0 Å². The molecule has 26 heavy (non-hydrogen) atoms. The number of hydrogen-bond donors (Lipinski definition) is 3. The molecule has 0 fully saturated rings. The quantitative estimate of drug-likeness (QED) is 0.198. The van der Waals surface area contributed by atoms with Gasteiger partial charge in [0.25, 0.3) is 0 Å². The molecule has 0 saturated carbocycles. The van der Waals surface area contributed by atoms with Gasteiger partial charge in [0.15, 0.2) is 0 Å². The maximum atomic E-state index is 10.7. The Morgan fingerprint density at radius 2 is 0.500 bits per heavy atom. The Labute approximate surface area is 171 Å². The normalized spacial score (nSPS) is 12.9. The van der Waals surface area contributed by atoms with Crippen LogP contribution >= 0.6 is 0 Å². The van der Waals surface area contributed by atoms with Gasteiger partial charge in [-0.05, 0) is 0 Å². The summed E-state index contributed by atoms with van der Waals surface area (Å²) in [6.45, 7) is 0. The van der Waals surface area contributed by atoms with E-state index < -0.39 is 46.9 Å². The number of halogens is 9. The molecule has 0 saturated heterocycles. The van der Waals surface area contributed by atoms with Gasteiger partial charge in [0.1, 0.15) is 0 Å². The largest absolute Gasteiger partial charge is 0.522 e. The van der Waals surface area contributed by atoms with Crippen molar-refractivity contribution in [3.05, 3.63) is 0 Å². The van der Waals surface area contributed by atoms with Crippen molar-refractivity contribution in [2.24, 2.45) is 0 Å². The van der Waals surface area contributed by atoms with Crippen molar-refractivity contribution < 1.29 is 126 Å². The van der Waals surface area contributed by atoms with Gasteiger partial charge in [-0.2, -0.15) is 64.8 Å². The van der Waals surface area contributed by atoms with Crippen LogP contribution < -0.4 is 0 Å². The van der Waals surface area contributed by atoms with E-state index in [4.69, 9.17) is 38.9 Å². The first-order valence-corrected chi connectivity index (χ1v) is 8.18. The summed E-state index contributed by atoms with van der Waals surface area (Å²) in [5.41, 5.74) is -16.6. The van der Waals surface area contributed by atoms with E-state index in [1.807, 2.05) is 0 Å². The molecule has 10 nitrogen and oxygen atoms in total. The van der Waals surface area contributed by atoms with Crippen molar-refractivity contribution in [2.45, 2.75) is 16.5 Å². The fourth-order valence-electron chi connectivity index (χ4n) is 0. The fraction of sp³-hybridized carbons (Fsp3) is 1.00. The summed E-state index contributed by atoms with van der Waals surface area (Å²) in [5, 5.41) is 0. The van der Waals surface area contributed by atoms with Gasteiger partial charge in [-0.3, -0.25) is 13.7 Å². The predicted molar refractivity (Wildman–Crippen MR) is 56.4 cm³/mol. The minimum Gasteiger partial charge on any atom is -0.412 e. The summed E-state index contributed by atoms with van der Waals surface area (Å²) in [6, 6.07) is 0. The van der Waals surface area contributed by atoms with Gasteiger partial charge in [-0.15, -0.1) is 0 Å². The van der Waals surface area contributed by atoms with E-state index in [0.717, 1.165) is 0 Å². The third-order valence-electron chi connectivity index (χ3n) is 0.877. The molecule has 0 unspecified atom stereocenters. The van der Waals surface area contributed by atoms with E-state index in [1.165, 1.54) is 0 Å². The second-order valence-corrected chi connectivity index (χ2v) is 7.00. The number of rotatable bonds is 0. The van der Waals surface area contributed by atoms with Gasteiger partial charge in [0, 0.05) is 41.7 Å². The van der Waals surface area contributed by atoms with Gasteiger partial charge in [-0.25, -0.2) is 0 Å². The molecule has 0 heterocycles. The zero-order valence-corrected chi connectivity index (χ0v) is 16.5. The molecule has 0 aliphatic heterocycles. The minimum atomic E-state index is -5.84. The third-order valence-corrected chi connectivity index (χ3v) is 2.63. The Hall–Kier alpha value is 0.437. The van der Waals surface area contributed by atoms with E-state index in [0.29, 0.717) is 0 Å². The molecule has 0 radical (unpaired) electrons. The van der Waals surface area contributed by atoms with Crippen molar-refractivity contribution in [2.75, 3.05) is 0 Å². The van der Waals surface area contributed by atoms with Crippen LogP contribution in [0.4, 0.5) is 39.5 Å². The standard InChI is InChI=1S/3CHF3O3S.Ce.H2O/c3*2-1(3,4)8(5,6)7;;/h3*(H,5,6,7);;1H2. The maximum absolute atomic E-state index is 10.7. The monoisotopic (exact) mass is 608 g/mol. The van der Waals surface area contributed by atoms with E-state index in [9.17, 15) is 39.5 Å². The van der Waals surface area contributed by atoms with Crippen LogP contribution in [0.2, 0.25) is 0 Å². The topological polar surface area (TPSA) is 195 Å². The molecular weight excluding hydrogens is 603 g/mol. The molecule has 162 valence electrons. The SMILES string of the molecule is O.O=S(=O)(O)C(F)(F)F.O=S(=O)(O)C(F)(F)F.O=S(=O)(O)C(F)(F)F.[Ce]. The van der Waals surface area contributed by atoms with Crippen molar-refractivity contribution in [1.82, 2.24) is 0 Å². The molecule has 0 spiro atoms.